The van der Waals surface area contributed by atoms with Crippen LogP contribution in [0.5, 0.6) is 0 Å². The number of carbonyl (C=O) groups excluding carboxylic acids is 1. The Balaban J connectivity index is 1.67. The first kappa shape index (κ1) is 14.8. The highest BCUT2D eigenvalue weighted by Gasteiger charge is 2.39. The van der Waals surface area contributed by atoms with Gasteiger partial charge >= 0.3 is 0 Å². The topological polar surface area (TPSA) is 50.8 Å². The van der Waals surface area contributed by atoms with Gasteiger partial charge in [-0.05, 0) is 20.8 Å². The molecule has 2 heterocycles. The predicted molar refractivity (Wildman–Crippen MR) is 72.8 cm³/mol. The van der Waals surface area contributed by atoms with Crippen molar-refractivity contribution in [1.82, 2.24) is 10.2 Å². The van der Waals surface area contributed by atoms with E-state index in [1.165, 1.54) is 0 Å². The van der Waals surface area contributed by atoms with Gasteiger partial charge in [0.15, 0.2) is 5.79 Å². The Kier molecular flexibility index (Phi) is 4.48. The van der Waals surface area contributed by atoms with E-state index in [9.17, 15) is 4.79 Å². The largest absolute Gasteiger partial charge is 0.351 e. The Hall–Kier alpha value is -0.650. The molecule has 0 aromatic carbocycles. The van der Waals surface area contributed by atoms with E-state index in [0.717, 1.165) is 32.5 Å². The number of ether oxygens (including phenoxy) is 2. The highest BCUT2D eigenvalue weighted by atomic mass is 16.7. The fourth-order valence-electron chi connectivity index (χ4n) is 2.64. The van der Waals surface area contributed by atoms with Gasteiger partial charge in [0.25, 0.3) is 0 Å². The number of amides is 1. The van der Waals surface area contributed by atoms with Crippen molar-refractivity contribution in [2.45, 2.75) is 51.4 Å². The smallest absolute Gasteiger partial charge is 0.221 e. The van der Waals surface area contributed by atoms with Gasteiger partial charge in [0, 0.05) is 44.4 Å². The van der Waals surface area contributed by atoms with Gasteiger partial charge in [0.05, 0.1) is 13.2 Å². The van der Waals surface area contributed by atoms with Crippen LogP contribution >= 0.6 is 0 Å². The summed E-state index contributed by atoms with van der Waals surface area (Å²) >= 11 is 0. The molecule has 0 aliphatic carbocycles. The maximum Gasteiger partial charge on any atom is 0.221 e. The predicted octanol–water partition coefficient (Wildman–Crippen LogP) is 1.13. The third-order valence-electron chi connectivity index (χ3n) is 3.60. The molecular weight excluding hydrogens is 244 g/mol. The zero-order valence-corrected chi connectivity index (χ0v) is 12.3. The summed E-state index contributed by atoms with van der Waals surface area (Å²) in [5, 5.41) is 2.99. The van der Waals surface area contributed by atoms with Crippen LogP contribution in [0.25, 0.3) is 0 Å². The first-order valence-electron chi connectivity index (χ1n) is 7.20. The summed E-state index contributed by atoms with van der Waals surface area (Å²) in [6.45, 7) is 10.2. The summed E-state index contributed by atoms with van der Waals surface area (Å²) in [6, 6.07) is 0. The van der Waals surface area contributed by atoms with Crippen LogP contribution in [0, 0.1) is 0 Å². The SMILES string of the molecule is CC(C)(C)NC(=O)CCN1CCC2(CC1)OCCO2. The fourth-order valence-corrected chi connectivity index (χ4v) is 2.64. The van der Waals surface area contributed by atoms with Crippen molar-refractivity contribution >= 4 is 5.91 Å². The van der Waals surface area contributed by atoms with Gasteiger partial charge in [-0.25, -0.2) is 0 Å². The van der Waals surface area contributed by atoms with Gasteiger partial charge in [0.1, 0.15) is 0 Å². The van der Waals surface area contributed by atoms with E-state index in [0.29, 0.717) is 19.6 Å². The molecule has 0 bridgehead atoms. The van der Waals surface area contributed by atoms with Crippen LogP contribution in [0.3, 0.4) is 0 Å². The first-order valence-corrected chi connectivity index (χ1v) is 7.20. The second-order valence-corrected chi connectivity index (χ2v) is 6.50. The van der Waals surface area contributed by atoms with Crippen LogP contribution in [-0.4, -0.2) is 55.0 Å². The van der Waals surface area contributed by atoms with E-state index >= 15 is 0 Å². The molecule has 1 spiro atoms. The lowest BCUT2D eigenvalue weighted by molar-refractivity contribution is -0.185. The molecule has 5 nitrogen and oxygen atoms in total. The quantitative estimate of drug-likeness (QED) is 0.835. The van der Waals surface area contributed by atoms with Crippen LogP contribution in [-0.2, 0) is 14.3 Å². The highest BCUT2D eigenvalue weighted by Crippen LogP contribution is 2.31. The lowest BCUT2D eigenvalue weighted by Crippen LogP contribution is -2.47. The molecule has 5 heteroatoms. The van der Waals surface area contributed by atoms with E-state index in [2.05, 4.69) is 10.2 Å². The Morgan fingerprint density at radius 2 is 1.79 bits per heavy atom. The lowest BCUT2D eigenvalue weighted by Gasteiger charge is -2.37. The van der Waals surface area contributed by atoms with Crippen molar-refractivity contribution in [2.24, 2.45) is 0 Å². The average Bonchev–Trinajstić information content (AvgIpc) is 2.75. The highest BCUT2D eigenvalue weighted by molar-refractivity contribution is 5.76. The molecule has 1 amide bonds. The number of likely N-dealkylation sites (tertiary alicyclic amines) is 1. The summed E-state index contributed by atoms with van der Waals surface area (Å²) in [5.41, 5.74) is -0.144. The number of hydrogen-bond acceptors (Lipinski definition) is 4. The molecule has 2 fully saturated rings. The van der Waals surface area contributed by atoms with E-state index < -0.39 is 0 Å². The summed E-state index contributed by atoms with van der Waals surface area (Å²) in [4.78, 5) is 14.1. The third-order valence-corrected chi connectivity index (χ3v) is 3.60. The summed E-state index contributed by atoms with van der Waals surface area (Å²) < 4.78 is 11.4. The second-order valence-electron chi connectivity index (χ2n) is 6.50. The number of carbonyl (C=O) groups is 1. The first-order chi connectivity index (χ1) is 8.89. The Bertz CT molecular complexity index is 309. The number of nitrogens with one attached hydrogen (secondary N) is 1. The fraction of sp³-hybridized carbons (Fsp3) is 0.929. The molecule has 110 valence electrons. The van der Waals surface area contributed by atoms with Gasteiger partial charge in [-0.1, -0.05) is 0 Å². The maximum atomic E-state index is 11.8. The summed E-state index contributed by atoms with van der Waals surface area (Å²) in [7, 11) is 0. The van der Waals surface area contributed by atoms with Gasteiger partial charge in [-0.2, -0.15) is 0 Å². The Morgan fingerprint density at radius 1 is 1.21 bits per heavy atom. The van der Waals surface area contributed by atoms with Crippen LogP contribution < -0.4 is 5.32 Å². The number of piperidine rings is 1. The summed E-state index contributed by atoms with van der Waals surface area (Å²) in [5.74, 6) is -0.189. The van der Waals surface area contributed by atoms with E-state index in [-0.39, 0.29) is 17.2 Å². The number of rotatable bonds is 3. The standard InChI is InChI=1S/C14H26N2O3/c1-13(2,3)15-12(17)4-7-16-8-5-14(6-9-16)18-10-11-19-14/h4-11H2,1-3H3,(H,15,17). The Morgan fingerprint density at radius 3 is 2.32 bits per heavy atom. The lowest BCUT2D eigenvalue weighted by atomic mass is 10.0. The molecule has 1 N–H and O–H groups in total. The molecule has 0 atom stereocenters. The average molecular weight is 270 g/mol. The molecule has 2 aliphatic heterocycles. The van der Waals surface area contributed by atoms with Crippen molar-refractivity contribution in [3.05, 3.63) is 0 Å². The third kappa shape index (κ3) is 4.44. The molecule has 0 aromatic heterocycles. The van der Waals surface area contributed by atoms with Crippen LogP contribution in [0.2, 0.25) is 0 Å². The monoisotopic (exact) mass is 270 g/mol. The number of hydrogen-bond donors (Lipinski definition) is 1. The molecule has 0 radical (unpaired) electrons. The van der Waals surface area contributed by atoms with Crippen LogP contribution in [0.1, 0.15) is 40.0 Å². The van der Waals surface area contributed by atoms with Gasteiger partial charge in [0.2, 0.25) is 5.91 Å². The van der Waals surface area contributed by atoms with E-state index in [4.69, 9.17) is 9.47 Å². The molecule has 0 saturated carbocycles. The summed E-state index contributed by atoms with van der Waals surface area (Å²) in [6.07, 6.45) is 2.38. The van der Waals surface area contributed by atoms with E-state index in [1.807, 2.05) is 20.8 Å². The molecule has 0 aromatic rings. The molecule has 2 saturated heterocycles. The van der Waals surface area contributed by atoms with E-state index in [1.54, 1.807) is 0 Å². The molecular formula is C14H26N2O3. The molecule has 2 rings (SSSR count). The van der Waals surface area contributed by atoms with Crippen molar-refractivity contribution in [1.29, 1.82) is 0 Å². The maximum absolute atomic E-state index is 11.8. The Labute approximate surface area is 115 Å². The van der Waals surface area contributed by atoms with Crippen molar-refractivity contribution < 1.29 is 14.3 Å². The van der Waals surface area contributed by atoms with Gasteiger partial charge in [-0.3, -0.25) is 4.79 Å². The van der Waals surface area contributed by atoms with Crippen molar-refractivity contribution in [3.8, 4) is 0 Å². The zero-order chi connectivity index (χ0) is 13.9. The van der Waals surface area contributed by atoms with Crippen molar-refractivity contribution in [2.75, 3.05) is 32.8 Å². The van der Waals surface area contributed by atoms with Crippen LogP contribution in [0.4, 0.5) is 0 Å². The minimum absolute atomic E-state index is 0.126. The molecule has 2 aliphatic rings. The minimum Gasteiger partial charge on any atom is -0.351 e. The molecule has 0 unspecified atom stereocenters. The zero-order valence-electron chi connectivity index (χ0n) is 12.3. The van der Waals surface area contributed by atoms with Gasteiger partial charge < -0.3 is 19.7 Å². The minimum atomic E-state index is -0.315. The normalized spacial score (nSPS) is 23.7. The number of nitrogens with zero attached hydrogens (tertiary/aromatic N) is 1. The van der Waals surface area contributed by atoms with Crippen molar-refractivity contribution in [3.63, 3.8) is 0 Å². The second kappa shape index (κ2) is 5.77. The van der Waals surface area contributed by atoms with Crippen LogP contribution in [0.15, 0.2) is 0 Å². The van der Waals surface area contributed by atoms with Gasteiger partial charge in [-0.15, -0.1) is 0 Å². The molecule has 19 heavy (non-hydrogen) atoms.